The molecule has 164 valence electrons. The molecule has 0 bridgehead atoms. The first-order valence-electron chi connectivity index (χ1n) is 11.4. The Bertz CT molecular complexity index is 875. The minimum Gasteiger partial charge on any atom is -0.465 e. The number of ether oxygens (including phenoxy) is 1. The number of hydrogen-bond donors (Lipinski definition) is 0. The second kappa shape index (κ2) is 11.0. The lowest BCUT2D eigenvalue weighted by atomic mass is 9.68. The Morgan fingerprint density at radius 3 is 2.16 bits per heavy atom. The predicted octanol–water partition coefficient (Wildman–Crippen LogP) is 5.54. The van der Waals surface area contributed by atoms with E-state index in [4.69, 9.17) is 4.74 Å². The third-order valence-electron chi connectivity index (χ3n) is 6.33. The molecule has 31 heavy (non-hydrogen) atoms. The highest BCUT2D eigenvalue weighted by atomic mass is 16.5. The number of esters is 1. The minimum atomic E-state index is -1.06. The molecular weight excluding hydrogens is 388 g/mol. The number of carbonyl (C=O) groups is 3. The first-order chi connectivity index (χ1) is 15.1. The van der Waals surface area contributed by atoms with Gasteiger partial charge in [0.05, 0.1) is 6.61 Å². The van der Waals surface area contributed by atoms with E-state index in [0.29, 0.717) is 25.2 Å². The summed E-state index contributed by atoms with van der Waals surface area (Å²) in [5.41, 5.74) is 0.913. The molecule has 0 saturated heterocycles. The van der Waals surface area contributed by atoms with Gasteiger partial charge in [-0.05, 0) is 43.7 Å². The van der Waals surface area contributed by atoms with Gasteiger partial charge in [0.15, 0.2) is 11.2 Å². The maximum absolute atomic E-state index is 12.3. The number of hydrogen-bond acceptors (Lipinski definition) is 4. The Morgan fingerprint density at radius 1 is 0.903 bits per heavy atom. The molecule has 0 N–H and O–H groups in total. The number of benzene rings is 2. The van der Waals surface area contributed by atoms with E-state index in [0.717, 1.165) is 37.7 Å². The molecule has 2 aliphatic carbocycles. The normalized spacial score (nSPS) is 23.5. The third-order valence-corrected chi connectivity index (χ3v) is 6.33. The predicted molar refractivity (Wildman–Crippen MR) is 121 cm³/mol. The van der Waals surface area contributed by atoms with Crippen LogP contribution in [0.2, 0.25) is 0 Å². The van der Waals surface area contributed by atoms with Gasteiger partial charge in [0.25, 0.3) is 0 Å². The molecule has 2 unspecified atom stereocenters. The maximum Gasteiger partial charge on any atom is 0.324 e. The largest absolute Gasteiger partial charge is 0.465 e. The van der Waals surface area contributed by atoms with E-state index in [1.54, 1.807) is 6.92 Å². The summed E-state index contributed by atoms with van der Waals surface area (Å²) in [5, 5.41) is 0. The van der Waals surface area contributed by atoms with Gasteiger partial charge in [-0.1, -0.05) is 73.5 Å². The van der Waals surface area contributed by atoms with Crippen LogP contribution >= 0.6 is 0 Å². The van der Waals surface area contributed by atoms with E-state index in [2.05, 4.69) is 12.1 Å². The summed E-state index contributed by atoms with van der Waals surface area (Å²) in [6, 6.07) is 19.4. The van der Waals surface area contributed by atoms with Gasteiger partial charge in [-0.25, -0.2) is 0 Å². The lowest BCUT2D eigenvalue weighted by molar-refractivity contribution is -0.155. The van der Waals surface area contributed by atoms with Crippen molar-refractivity contribution in [1.29, 1.82) is 0 Å². The lowest BCUT2D eigenvalue weighted by Crippen LogP contribution is -2.46. The van der Waals surface area contributed by atoms with E-state index < -0.39 is 5.41 Å². The average molecular weight is 421 g/mol. The zero-order valence-corrected chi connectivity index (χ0v) is 18.3. The first-order valence-corrected chi connectivity index (χ1v) is 11.4. The van der Waals surface area contributed by atoms with Crippen LogP contribution in [0.15, 0.2) is 60.7 Å². The van der Waals surface area contributed by atoms with E-state index in [1.807, 2.05) is 48.5 Å². The van der Waals surface area contributed by atoms with Crippen LogP contribution in [-0.4, -0.2) is 24.1 Å². The van der Waals surface area contributed by atoms with Crippen LogP contribution in [-0.2, 0) is 24.5 Å². The fourth-order valence-corrected chi connectivity index (χ4v) is 4.67. The van der Waals surface area contributed by atoms with E-state index >= 15 is 0 Å². The number of rotatable bonds is 4. The van der Waals surface area contributed by atoms with Crippen molar-refractivity contribution in [3.63, 3.8) is 0 Å². The second-order valence-electron chi connectivity index (χ2n) is 8.30. The Labute approximate surface area is 185 Å². The first kappa shape index (κ1) is 22.9. The van der Waals surface area contributed by atoms with Crippen molar-refractivity contribution in [2.24, 2.45) is 0 Å². The molecule has 0 spiro atoms. The molecule has 0 radical (unpaired) electrons. The highest BCUT2D eigenvalue weighted by molar-refractivity contribution is 6.10. The topological polar surface area (TPSA) is 60.4 Å². The number of ketones is 2. The zero-order chi connectivity index (χ0) is 22.1. The lowest BCUT2D eigenvalue weighted by Gasteiger charge is -2.33. The van der Waals surface area contributed by atoms with Crippen molar-refractivity contribution in [2.75, 3.05) is 6.61 Å². The fraction of sp³-hybridized carbons (Fsp3) is 0.444. The van der Waals surface area contributed by atoms with Crippen LogP contribution in [0.25, 0.3) is 0 Å². The van der Waals surface area contributed by atoms with E-state index in [-0.39, 0.29) is 17.7 Å². The molecule has 0 amide bonds. The summed E-state index contributed by atoms with van der Waals surface area (Å²) in [7, 11) is 0. The molecule has 2 aliphatic rings. The fourth-order valence-electron chi connectivity index (χ4n) is 4.67. The summed E-state index contributed by atoms with van der Waals surface area (Å²) < 4.78 is 5.15. The quantitative estimate of drug-likeness (QED) is 0.481. The van der Waals surface area contributed by atoms with Crippen LogP contribution in [0.4, 0.5) is 0 Å². The van der Waals surface area contributed by atoms with E-state index in [1.165, 1.54) is 12.0 Å². The van der Waals surface area contributed by atoms with Crippen LogP contribution in [0.1, 0.15) is 75.3 Å². The van der Waals surface area contributed by atoms with Gasteiger partial charge >= 0.3 is 5.97 Å². The van der Waals surface area contributed by atoms with Crippen LogP contribution in [0, 0.1) is 0 Å². The van der Waals surface area contributed by atoms with Gasteiger partial charge < -0.3 is 4.74 Å². The molecule has 4 nitrogen and oxygen atoms in total. The van der Waals surface area contributed by atoms with Gasteiger partial charge in [-0.15, -0.1) is 0 Å². The van der Waals surface area contributed by atoms with Crippen molar-refractivity contribution in [3.8, 4) is 0 Å². The minimum absolute atomic E-state index is 0.00148. The van der Waals surface area contributed by atoms with Crippen LogP contribution in [0.3, 0.4) is 0 Å². The molecule has 2 aromatic rings. The Hall–Kier alpha value is -2.75. The summed E-state index contributed by atoms with van der Waals surface area (Å²) in [6.07, 6.45) is 6.89. The van der Waals surface area contributed by atoms with E-state index in [9.17, 15) is 14.4 Å². The number of Topliss-reactive ketones (excluding diaryl/α,β-unsaturated/α-hetero) is 2. The molecule has 2 aromatic carbocycles. The van der Waals surface area contributed by atoms with Crippen molar-refractivity contribution in [1.82, 2.24) is 0 Å². The number of carbonyl (C=O) groups excluding carboxylic acids is 3. The summed E-state index contributed by atoms with van der Waals surface area (Å²) in [4.78, 5) is 36.2. The van der Waals surface area contributed by atoms with Gasteiger partial charge in [-0.3, -0.25) is 14.4 Å². The molecule has 0 heterocycles. The SMILES string of the molecule is CCOC(=O)C1(c2ccccc2)CCCCC1=O.O=C1CCCCC1c1ccccc1. The molecular formula is C27H32O4. The molecule has 4 heteroatoms. The highest BCUT2D eigenvalue weighted by Gasteiger charge is 2.49. The monoisotopic (exact) mass is 420 g/mol. The van der Waals surface area contributed by atoms with Crippen molar-refractivity contribution in [3.05, 3.63) is 71.8 Å². The summed E-state index contributed by atoms with van der Waals surface area (Å²) >= 11 is 0. The highest BCUT2D eigenvalue weighted by Crippen LogP contribution is 2.38. The van der Waals surface area contributed by atoms with Crippen LogP contribution < -0.4 is 0 Å². The van der Waals surface area contributed by atoms with Crippen molar-refractivity contribution < 1.29 is 19.1 Å². The van der Waals surface area contributed by atoms with Crippen molar-refractivity contribution >= 4 is 17.5 Å². The molecule has 0 aliphatic heterocycles. The standard InChI is InChI=1S/C15H18O3.C12H14O/c1-2-18-14(17)15(11-7-6-10-13(15)16)12-8-4-3-5-9-12;13-12-9-5-4-8-11(12)10-6-2-1-3-7-10/h3-5,8-9H,2,6-7,10-11H2,1H3;1-3,6-7,11H,4-5,8-9H2. The molecule has 0 aromatic heterocycles. The van der Waals surface area contributed by atoms with Gasteiger partial charge in [0.1, 0.15) is 5.78 Å². The summed E-state index contributed by atoms with van der Waals surface area (Å²) in [5.74, 6) is 0.228. The zero-order valence-electron chi connectivity index (χ0n) is 18.3. The Balaban J connectivity index is 0.000000185. The average Bonchev–Trinajstić information content (AvgIpc) is 2.81. The van der Waals surface area contributed by atoms with Gasteiger partial charge in [0, 0.05) is 18.8 Å². The van der Waals surface area contributed by atoms with Crippen molar-refractivity contribution in [2.45, 2.75) is 69.6 Å². The smallest absolute Gasteiger partial charge is 0.324 e. The molecule has 2 atom stereocenters. The molecule has 2 fully saturated rings. The Morgan fingerprint density at radius 2 is 1.55 bits per heavy atom. The maximum atomic E-state index is 12.3. The molecule has 2 saturated carbocycles. The Kier molecular flexibility index (Phi) is 8.16. The second-order valence-corrected chi connectivity index (χ2v) is 8.30. The van der Waals surface area contributed by atoms with Crippen LogP contribution in [0.5, 0.6) is 0 Å². The van der Waals surface area contributed by atoms with Gasteiger partial charge in [-0.2, -0.15) is 0 Å². The molecule has 4 rings (SSSR count). The third kappa shape index (κ3) is 5.30. The van der Waals surface area contributed by atoms with Gasteiger partial charge in [0.2, 0.25) is 0 Å². The summed E-state index contributed by atoms with van der Waals surface area (Å²) in [6.45, 7) is 2.07.